The average molecular weight is 514 g/mol. The fraction of sp³-hybridized carbons (Fsp3) is 0.630. The third-order valence-electron chi connectivity index (χ3n) is 7.16. The number of rotatable bonds is 10. The van der Waals surface area contributed by atoms with Gasteiger partial charge in [0.1, 0.15) is 0 Å². The summed E-state index contributed by atoms with van der Waals surface area (Å²) in [5.41, 5.74) is 0.523. The zero-order chi connectivity index (χ0) is 26.0. The summed E-state index contributed by atoms with van der Waals surface area (Å²) >= 11 is 0. The molecule has 0 atom stereocenters. The number of likely N-dealkylation sites (tertiary alicyclic amines) is 1. The molecule has 1 aliphatic heterocycles. The molecular weight excluding hydrogens is 473 g/mol. The number of carbonyl (C=O) groups is 1. The van der Waals surface area contributed by atoms with Crippen LogP contribution in [0, 0.1) is 5.82 Å². The van der Waals surface area contributed by atoms with E-state index in [1.807, 2.05) is 4.90 Å². The number of ether oxygens (including phenoxy) is 1. The van der Waals surface area contributed by atoms with Gasteiger partial charge in [-0.15, -0.1) is 0 Å². The van der Waals surface area contributed by atoms with Crippen LogP contribution in [0.15, 0.2) is 18.2 Å². The van der Waals surface area contributed by atoms with Crippen LogP contribution in [-0.4, -0.2) is 58.0 Å². The molecule has 1 saturated heterocycles. The highest BCUT2D eigenvalue weighted by atomic mass is 19.1. The maximum absolute atomic E-state index is 14.3. The molecule has 2 aliphatic rings. The van der Waals surface area contributed by atoms with Crippen molar-refractivity contribution in [1.29, 1.82) is 0 Å². The number of nitrogens with one attached hydrogen (secondary N) is 3. The lowest BCUT2D eigenvalue weighted by atomic mass is 10.0. The zero-order valence-electron chi connectivity index (χ0n) is 22.1. The summed E-state index contributed by atoms with van der Waals surface area (Å²) in [4.78, 5) is 28.2. The summed E-state index contributed by atoms with van der Waals surface area (Å²) in [6, 6.07) is 5.14. The SMILES string of the molecule is CCCCC(=O)N1CCC(Nc2nc(Nc3ccc(OC)c(F)c3)nc(NC3CCCCCC3)n2)CC1. The summed E-state index contributed by atoms with van der Waals surface area (Å²) < 4.78 is 19.3. The van der Waals surface area contributed by atoms with Crippen molar-refractivity contribution < 1.29 is 13.9 Å². The Kier molecular flexibility index (Phi) is 9.73. The summed E-state index contributed by atoms with van der Waals surface area (Å²) in [7, 11) is 1.44. The molecule has 1 aliphatic carbocycles. The fourth-order valence-corrected chi connectivity index (χ4v) is 4.98. The second-order valence-electron chi connectivity index (χ2n) is 10.0. The third-order valence-corrected chi connectivity index (χ3v) is 7.16. The van der Waals surface area contributed by atoms with Gasteiger partial charge < -0.3 is 25.6 Å². The molecule has 2 aromatic rings. The van der Waals surface area contributed by atoms with Gasteiger partial charge in [0.2, 0.25) is 23.8 Å². The van der Waals surface area contributed by atoms with Gasteiger partial charge in [-0.05, 0) is 44.2 Å². The normalized spacial score (nSPS) is 17.2. The van der Waals surface area contributed by atoms with E-state index in [-0.39, 0.29) is 17.7 Å². The van der Waals surface area contributed by atoms with Crippen molar-refractivity contribution in [3.63, 3.8) is 0 Å². The van der Waals surface area contributed by atoms with Crippen molar-refractivity contribution in [2.45, 2.75) is 89.6 Å². The Balaban J connectivity index is 1.46. The van der Waals surface area contributed by atoms with E-state index >= 15 is 0 Å². The van der Waals surface area contributed by atoms with E-state index in [2.05, 4.69) is 37.8 Å². The highest BCUT2D eigenvalue weighted by molar-refractivity contribution is 5.76. The molecule has 202 valence electrons. The van der Waals surface area contributed by atoms with Crippen molar-refractivity contribution in [1.82, 2.24) is 19.9 Å². The van der Waals surface area contributed by atoms with Crippen LogP contribution in [0.2, 0.25) is 0 Å². The van der Waals surface area contributed by atoms with Crippen LogP contribution in [0.5, 0.6) is 5.75 Å². The Hall–Kier alpha value is -3.17. The quantitative estimate of drug-likeness (QED) is 0.358. The number of benzene rings is 1. The molecule has 0 bridgehead atoms. The van der Waals surface area contributed by atoms with Gasteiger partial charge in [0.15, 0.2) is 11.6 Å². The highest BCUT2D eigenvalue weighted by Crippen LogP contribution is 2.25. The molecule has 2 fully saturated rings. The van der Waals surface area contributed by atoms with Crippen molar-refractivity contribution in [3.05, 3.63) is 24.0 Å². The molecule has 1 aromatic heterocycles. The Morgan fingerprint density at radius 2 is 1.59 bits per heavy atom. The molecule has 3 N–H and O–H groups in total. The van der Waals surface area contributed by atoms with Crippen LogP contribution in [0.3, 0.4) is 0 Å². The van der Waals surface area contributed by atoms with Gasteiger partial charge in [0.25, 0.3) is 0 Å². The van der Waals surface area contributed by atoms with Gasteiger partial charge in [-0.25, -0.2) is 4.39 Å². The first kappa shape index (κ1) is 26.9. The van der Waals surface area contributed by atoms with Gasteiger partial charge >= 0.3 is 0 Å². The zero-order valence-corrected chi connectivity index (χ0v) is 22.1. The lowest BCUT2D eigenvalue weighted by molar-refractivity contribution is -0.132. The molecule has 1 saturated carbocycles. The molecular formula is C27H40FN7O2. The predicted octanol–water partition coefficient (Wildman–Crippen LogP) is 5.49. The largest absolute Gasteiger partial charge is 0.494 e. The number of methoxy groups -OCH3 is 1. The van der Waals surface area contributed by atoms with Gasteiger partial charge in [-0.1, -0.05) is 39.0 Å². The number of hydrogen-bond donors (Lipinski definition) is 3. The molecule has 2 heterocycles. The van der Waals surface area contributed by atoms with Crippen molar-refractivity contribution >= 4 is 29.4 Å². The van der Waals surface area contributed by atoms with Gasteiger partial charge in [0.05, 0.1) is 7.11 Å². The molecule has 0 unspecified atom stereocenters. The molecule has 0 radical (unpaired) electrons. The first-order chi connectivity index (χ1) is 18.0. The molecule has 10 heteroatoms. The summed E-state index contributed by atoms with van der Waals surface area (Å²) in [5.74, 6) is 1.28. The van der Waals surface area contributed by atoms with Crippen LogP contribution in [-0.2, 0) is 4.79 Å². The number of unbranched alkanes of at least 4 members (excludes halogenated alkanes) is 1. The second kappa shape index (κ2) is 13.4. The smallest absolute Gasteiger partial charge is 0.233 e. The van der Waals surface area contributed by atoms with Gasteiger partial charge in [0, 0.05) is 43.3 Å². The first-order valence-corrected chi connectivity index (χ1v) is 13.7. The predicted molar refractivity (Wildman–Crippen MR) is 144 cm³/mol. The first-order valence-electron chi connectivity index (χ1n) is 13.7. The number of carbonyl (C=O) groups excluding carboxylic acids is 1. The number of anilines is 4. The number of nitrogens with zero attached hydrogens (tertiary/aromatic N) is 4. The number of amides is 1. The minimum absolute atomic E-state index is 0.162. The number of piperidine rings is 1. The van der Waals surface area contributed by atoms with Crippen LogP contribution >= 0.6 is 0 Å². The van der Waals surface area contributed by atoms with E-state index in [4.69, 9.17) is 4.74 Å². The number of hydrogen-bond acceptors (Lipinski definition) is 8. The Bertz CT molecular complexity index is 1020. The summed E-state index contributed by atoms with van der Waals surface area (Å²) in [5, 5.41) is 10.1. The minimum Gasteiger partial charge on any atom is -0.494 e. The fourth-order valence-electron chi connectivity index (χ4n) is 4.98. The van der Waals surface area contributed by atoms with Crippen molar-refractivity contribution in [2.24, 2.45) is 0 Å². The molecule has 4 rings (SSSR count). The molecule has 1 amide bonds. The van der Waals surface area contributed by atoms with Crippen molar-refractivity contribution in [3.8, 4) is 5.75 Å². The van der Waals surface area contributed by atoms with Crippen LogP contribution < -0.4 is 20.7 Å². The lowest BCUT2D eigenvalue weighted by Gasteiger charge is -2.32. The van der Waals surface area contributed by atoms with E-state index in [0.717, 1.165) is 51.6 Å². The second-order valence-corrected chi connectivity index (χ2v) is 10.0. The Morgan fingerprint density at radius 1 is 0.973 bits per heavy atom. The van der Waals surface area contributed by atoms with Crippen LogP contribution in [0.1, 0.15) is 77.6 Å². The van der Waals surface area contributed by atoms with Crippen LogP contribution in [0.25, 0.3) is 0 Å². The van der Waals surface area contributed by atoms with E-state index in [1.165, 1.54) is 38.9 Å². The number of halogens is 1. The van der Waals surface area contributed by atoms with E-state index in [0.29, 0.717) is 36.0 Å². The molecule has 37 heavy (non-hydrogen) atoms. The molecule has 1 aromatic carbocycles. The summed E-state index contributed by atoms with van der Waals surface area (Å²) in [6.45, 7) is 3.56. The van der Waals surface area contributed by atoms with E-state index < -0.39 is 5.82 Å². The minimum atomic E-state index is -0.461. The monoisotopic (exact) mass is 513 g/mol. The van der Waals surface area contributed by atoms with Crippen molar-refractivity contribution in [2.75, 3.05) is 36.1 Å². The third kappa shape index (κ3) is 7.90. The Labute approximate surface area is 219 Å². The van der Waals surface area contributed by atoms with E-state index in [9.17, 15) is 9.18 Å². The molecule has 9 nitrogen and oxygen atoms in total. The van der Waals surface area contributed by atoms with E-state index in [1.54, 1.807) is 12.1 Å². The van der Waals surface area contributed by atoms with Gasteiger partial charge in [-0.2, -0.15) is 15.0 Å². The van der Waals surface area contributed by atoms with Crippen LogP contribution in [0.4, 0.5) is 27.9 Å². The average Bonchev–Trinajstić information content (AvgIpc) is 3.16. The Morgan fingerprint density at radius 3 is 2.19 bits per heavy atom. The standard InChI is InChI=1S/C27H40FN7O2/c1-3-4-11-24(36)35-16-14-20(15-17-35)30-26-32-25(29-19-9-7-5-6-8-10-19)33-27(34-26)31-21-12-13-23(37-2)22(28)18-21/h12-13,18-20H,3-11,14-17H2,1-2H3,(H3,29,30,31,32,33,34). The highest BCUT2D eigenvalue weighted by Gasteiger charge is 2.23. The maximum Gasteiger partial charge on any atom is 0.233 e. The topological polar surface area (TPSA) is 104 Å². The summed E-state index contributed by atoms with van der Waals surface area (Å²) in [6.07, 6.45) is 11.3. The molecule has 0 spiro atoms. The maximum atomic E-state index is 14.3. The number of aromatic nitrogens is 3. The van der Waals surface area contributed by atoms with Gasteiger partial charge in [-0.3, -0.25) is 4.79 Å². The lowest BCUT2D eigenvalue weighted by Crippen LogP contribution is -2.42.